The first kappa shape index (κ1) is 18.3. The summed E-state index contributed by atoms with van der Waals surface area (Å²) in [7, 11) is 0. The minimum atomic E-state index is 0.509. The summed E-state index contributed by atoms with van der Waals surface area (Å²) >= 11 is 3.45. The number of benzene rings is 3. The van der Waals surface area contributed by atoms with E-state index in [-0.39, 0.29) is 0 Å². The molecule has 0 aliphatic carbocycles. The second kappa shape index (κ2) is 9.30. The quantitative estimate of drug-likeness (QED) is 0.489. The van der Waals surface area contributed by atoms with Crippen LogP contribution in [0.1, 0.15) is 18.1 Å². The van der Waals surface area contributed by atoms with Crippen LogP contribution in [0.4, 0.5) is 5.69 Å². The van der Waals surface area contributed by atoms with Gasteiger partial charge in [-0.3, -0.25) is 0 Å². The van der Waals surface area contributed by atoms with E-state index in [0.29, 0.717) is 13.2 Å². The van der Waals surface area contributed by atoms with Gasteiger partial charge in [0.1, 0.15) is 6.61 Å². The summed E-state index contributed by atoms with van der Waals surface area (Å²) in [4.78, 5) is 0. The number of hydrogen-bond acceptors (Lipinski definition) is 3. The molecular weight excluding hydrogens is 390 g/mol. The molecule has 0 saturated carbocycles. The van der Waals surface area contributed by atoms with Gasteiger partial charge in [-0.25, -0.2) is 0 Å². The van der Waals surface area contributed by atoms with Crippen LogP contribution in [0.15, 0.2) is 77.3 Å². The topological polar surface area (TPSA) is 30.5 Å². The largest absolute Gasteiger partial charge is 0.490 e. The molecule has 0 amide bonds. The number of anilines is 1. The SMILES string of the molecule is CCOc1cc(CNc2ccccc2)ccc1OCc1ccc(Br)cc1. The highest BCUT2D eigenvalue weighted by atomic mass is 79.9. The number of hydrogen-bond donors (Lipinski definition) is 1. The molecule has 134 valence electrons. The number of para-hydroxylation sites is 1. The first-order valence-electron chi connectivity index (χ1n) is 8.66. The molecule has 3 nitrogen and oxygen atoms in total. The van der Waals surface area contributed by atoms with Gasteiger partial charge in [-0.2, -0.15) is 0 Å². The molecule has 0 radical (unpaired) electrons. The lowest BCUT2D eigenvalue weighted by molar-refractivity contribution is 0.269. The standard InChI is InChI=1S/C22H22BrNO2/c1-2-25-22-14-18(15-24-20-6-4-3-5-7-20)10-13-21(22)26-16-17-8-11-19(23)12-9-17/h3-14,24H,2,15-16H2,1H3. The van der Waals surface area contributed by atoms with Crippen molar-refractivity contribution in [1.82, 2.24) is 0 Å². The summed E-state index contributed by atoms with van der Waals surface area (Å²) in [6, 6.07) is 24.4. The van der Waals surface area contributed by atoms with Gasteiger partial charge in [-0.05, 0) is 54.4 Å². The van der Waals surface area contributed by atoms with E-state index < -0.39 is 0 Å². The van der Waals surface area contributed by atoms with Crippen molar-refractivity contribution >= 4 is 21.6 Å². The molecule has 26 heavy (non-hydrogen) atoms. The predicted octanol–water partition coefficient (Wildman–Crippen LogP) is 6.04. The van der Waals surface area contributed by atoms with E-state index in [9.17, 15) is 0 Å². The molecule has 0 spiro atoms. The highest BCUT2D eigenvalue weighted by molar-refractivity contribution is 9.10. The van der Waals surface area contributed by atoms with Gasteiger partial charge in [0, 0.05) is 16.7 Å². The number of rotatable bonds is 8. The van der Waals surface area contributed by atoms with Crippen LogP contribution in [0.2, 0.25) is 0 Å². The van der Waals surface area contributed by atoms with Crippen molar-refractivity contribution in [1.29, 1.82) is 0 Å². The van der Waals surface area contributed by atoms with Crippen molar-refractivity contribution in [3.63, 3.8) is 0 Å². The van der Waals surface area contributed by atoms with E-state index in [1.807, 2.05) is 61.5 Å². The Kier molecular flexibility index (Phi) is 6.56. The van der Waals surface area contributed by atoms with E-state index in [1.165, 1.54) is 0 Å². The Bertz CT molecular complexity index is 819. The maximum atomic E-state index is 5.97. The Hall–Kier alpha value is -2.46. The molecule has 0 unspecified atom stereocenters. The fraction of sp³-hybridized carbons (Fsp3) is 0.182. The molecule has 0 bridgehead atoms. The van der Waals surface area contributed by atoms with Gasteiger partial charge in [-0.15, -0.1) is 0 Å². The molecule has 0 fully saturated rings. The van der Waals surface area contributed by atoms with Crippen LogP contribution in [0.5, 0.6) is 11.5 Å². The lowest BCUT2D eigenvalue weighted by Crippen LogP contribution is -2.03. The molecule has 3 rings (SSSR count). The van der Waals surface area contributed by atoms with Crippen LogP contribution < -0.4 is 14.8 Å². The van der Waals surface area contributed by atoms with Crippen LogP contribution in [0.25, 0.3) is 0 Å². The van der Waals surface area contributed by atoms with Gasteiger partial charge in [0.2, 0.25) is 0 Å². The Morgan fingerprint density at radius 3 is 2.27 bits per heavy atom. The summed E-state index contributed by atoms with van der Waals surface area (Å²) in [5, 5.41) is 3.41. The third-order valence-electron chi connectivity index (χ3n) is 3.89. The average Bonchev–Trinajstić information content (AvgIpc) is 2.68. The molecule has 0 saturated heterocycles. The average molecular weight is 412 g/mol. The molecule has 3 aromatic rings. The number of ether oxygens (including phenoxy) is 2. The zero-order valence-electron chi connectivity index (χ0n) is 14.7. The third-order valence-corrected chi connectivity index (χ3v) is 4.41. The Balaban J connectivity index is 1.66. The maximum absolute atomic E-state index is 5.97. The Morgan fingerprint density at radius 2 is 1.54 bits per heavy atom. The lowest BCUT2D eigenvalue weighted by atomic mass is 10.2. The molecular formula is C22H22BrNO2. The Labute approximate surface area is 163 Å². The summed E-state index contributed by atoms with van der Waals surface area (Å²) in [6.45, 7) is 3.82. The minimum absolute atomic E-state index is 0.509. The van der Waals surface area contributed by atoms with E-state index in [2.05, 4.69) is 39.4 Å². The Morgan fingerprint density at radius 1 is 0.808 bits per heavy atom. The highest BCUT2D eigenvalue weighted by Crippen LogP contribution is 2.29. The van der Waals surface area contributed by atoms with Gasteiger partial charge in [0.05, 0.1) is 6.61 Å². The molecule has 0 aromatic heterocycles. The first-order valence-corrected chi connectivity index (χ1v) is 9.46. The van der Waals surface area contributed by atoms with E-state index in [0.717, 1.165) is 39.3 Å². The lowest BCUT2D eigenvalue weighted by Gasteiger charge is -2.14. The molecule has 0 atom stereocenters. The van der Waals surface area contributed by atoms with Crippen LogP contribution in [0.3, 0.4) is 0 Å². The molecule has 0 heterocycles. The van der Waals surface area contributed by atoms with Crippen molar-refractivity contribution in [2.75, 3.05) is 11.9 Å². The molecule has 0 aliphatic heterocycles. The van der Waals surface area contributed by atoms with Crippen molar-refractivity contribution < 1.29 is 9.47 Å². The minimum Gasteiger partial charge on any atom is -0.490 e. The summed E-state index contributed by atoms with van der Waals surface area (Å²) in [5.41, 5.74) is 3.36. The fourth-order valence-electron chi connectivity index (χ4n) is 2.55. The smallest absolute Gasteiger partial charge is 0.161 e. The van der Waals surface area contributed by atoms with E-state index in [1.54, 1.807) is 0 Å². The van der Waals surface area contributed by atoms with Crippen molar-refractivity contribution in [2.24, 2.45) is 0 Å². The van der Waals surface area contributed by atoms with Gasteiger partial charge < -0.3 is 14.8 Å². The zero-order chi connectivity index (χ0) is 18.2. The predicted molar refractivity (Wildman–Crippen MR) is 110 cm³/mol. The van der Waals surface area contributed by atoms with E-state index in [4.69, 9.17) is 9.47 Å². The van der Waals surface area contributed by atoms with Gasteiger partial charge in [0.25, 0.3) is 0 Å². The summed E-state index contributed by atoms with van der Waals surface area (Å²) in [6.07, 6.45) is 0. The van der Waals surface area contributed by atoms with E-state index >= 15 is 0 Å². The summed E-state index contributed by atoms with van der Waals surface area (Å²) in [5.74, 6) is 1.54. The van der Waals surface area contributed by atoms with Crippen LogP contribution in [-0.4, -0.2) is 6.61 Å². The molecule has 3 aromatic carbocycles. The van der Waals surface area contributed by atoms with Crippen molar-refractivity contribution in [3.05, 3.63) is 88.4 Å². The number of nitrogens with one attached hydrogen (secondary N) is 1. The second-order valence-corrected chi connectivity index (χ2v) is 6.76. The highest BCUT2D eigenvalue weighted by Gasteiger charge is 2.07. The molecule has 4 heteroatoms. The van der Waals surface area contributed by atoms with Crippen LogP contribution >= 0.6 is 15.9 Å². The molecule has 0 aliphatic rings. The summed E-state index contributed by atoms with van der Waals surface area (Å²) < 4.78 is 12.8. The second-order valence-electron chi connectivity index (χ2n) is 5.85. The number of halogens is 1. The van der Waals surface area contributed by atoms with Gasteiger partial charge in [-0.1, -0.05) is 52.3 Å². The maximum Gasteiger partial charge on any atom is 0.161 e. The monoisotopic (exact) mass is 411 g/mol. The molecule has 1 N–H and O–H groups in total. The van der Waals surface area contributed by atoms with Crippen molar-refractivity contribution in [3.8, 4) is 11.5 Å². The van der Waals surface area contributed by atoms with Crippen molar-refractivity contribution in [2.45, 2.75) is 20.1 Å². The van der Waals surface area contributed by atoms with Crippen LogP contribution in [0, 0.1) is 0 Å². The first-order chi connectivity index (χ1) is 12.7. The van der Waals surface area contributed by atoms with Crippen LogP contribution in [-0.2, 0) is 13.2 Å². The fourth-order valence-corrected chi connectivity index (χ4v) is 2.82. The third kappa shape index (κ3) is 5.27. The zero-order valence-corrected chi connectivity index (χ0v) is 16.3. The van der Waals surface area contributed by atoms with Gasteiger partial charge in [0.15, 0.2) is 11.5 Å². The normalized spacial score (nSPS) is 10.4. The van der Waals surface area contributed by atoms with Gasteiger partial charge >= 0.3 is 0 Å².